The Morgan fingerprint density at radius 2 is 1.85 bits per heavy atom. The van der Waals surface area contributed by atoms with Gasteiger partial charge in [-0.2, -0.15) is 0 Å². The topological polar surface area (TPSA) is 77.4 Å². The van der Waals surface area contributed by atoms with Crippen LogP contribution < -0.4 is 16.2 Å². The van der Waals surface area contributed by atoms with Crippen LogP contribution in [0.15, 0.2) is 48.7 Å². The molecule has 1 saturated heterocycles. The number of nitrogens with zero attached hydrogens (tertiary/aromatic N) is 2. The molecule has 5 heteroatoms. The van der Waals surface area contributed by atoms with E-state index < -0.39 is 0 Å². The van der Waals surface area contributed by atoms with Crippen LogP contribution >= 0.6 is 0 Å². The molecule has 1 aromatic heterocycles. The number of pyridine rings is 1. The number of aromatic nitrogens is 1. The maximum absolute atomic E-state index is 6.19. The molecule has 27 heavy (non-hydrogen) atoms. The molecule has 1 aliphatic rings. The molecule has 0 amide bonds. The summed E-state index contributed by atoms with van der Waals surface area (Å²) in [7, 11) is 1.71. The zero-order valence-corrected chi connectivity index (χ0v) is 15.7. The first-order valence-electron chi connectivity index (χ1n) is 9.44. The van der Waals surface area contributed by atoms with Gasteiger partial charge in [0.1, 0.15) is 11.6 Å². The fraction of sp³-hybridized carbons (Fsp3) is 0.318. The monoisotopic (exact) mass is 362 g/mol. The number of nitrogens with two attached hydrogens (primary N) is 2. The standard InChI is InChI=1S/C22H26N4O/c1-27-21-12-19-18(11-16(21)14-26-9-7-17(23)8-10-26)20(13-25-22(19)24)15-5-3-2-4-6-15/h2-6,11-13,17H,7-10,14,23H2,1H3,(H2,24,25). The van der Waals surface area contributed by atoms with E-state index in [-0.39, 0.29) is 0 Å². The Balaban J connectivity index is 1.79. The highest BCUT2D eigenvalue weighted by atomic mass is 16.5. The van der Waals surface area contributed by atoms with Crippen molar-refractivity contribution in [3.8, 4) is 16.9 Å². The number of ether oxygens (including phenoxy) is 1. The third-order valence-corrected chi connectivity index (χ3v) is 5.43. The zero-order valence-electron chi connectivity index (χ0n) is 15.7. The van der Waals surface area contributed by atoms with Crippen molar-refractivity contribution in [2.24, 2.45) is 5.73 Å². The van der Waals surface area contributed by atoms with Gasteiger partial charge in [0.2, 0.25) is 0 Å². The maximum atomic E-state index is 6.19. The summed E-state index contributed by atoms with van der Waals surface area (Å²) >= 11 is 0. The normalized spacial score (nSPS) is 15.9. The van der Waals surface area contributed by atoms with Crippen LogP contribution in [0.1, 0.15) is 18.4 Å². The molecule has 0 saturated carbocycles. The Hall–Kier alpha value is -2.63. The third kappa shape index (κ3) is 3.61. The predicted molar refractivity (Wildman–Crippen MR) is 111 cm³/mol. The van der Waals surface area contributed by atoms with Crippen LogP contribution in [0.3, 0.4) is 0 Å². The van der Waals surface area contributed by atoms with Crippen molar-refractivity contribution in [2.45, 2.75) is 25.4 Å². The van der Waals surface area contributed by atoms with Crippen molar-refractivity contribution < 1.29 is 4.74 Å². The van der Waals surface area contributed by atoms with Crippen molar-refractivity contribution in [3.63, 3.8) is 0 Å². The molecule has 5 nitrogen and oxygen atoms in total. The number of hydrogen-bond acceptors (Lipinski definition) is 5. The summed E-state index contributed by atoms with van der Waals surface area (Å²) in [6, 6.07) is 14.9. The van der Waals surface area contributed by atoms with Crippen LogP contribution in [-0.4, -0.2) is 36.1 Å². The minimum absolute atomic E-state index is 0.329. The van der Waals surface area contributed by atoms with Crippen LogP contribution in [0.5, 0.6) is 5.75 Å². The molecule has 0 atom stereocenters. The third-order valence-electron chi connectivity index (χ3n) is 5.43. The number of benzene rings is 2. The number of hydrogen-bond donors (Lipinski definition) is 2. The second-order valence-corrected chi connectivity index (χ2v) is 7.25. The van der Waals surface area contributed by atoms with Gasteiger partial charge in [-0.25, -0.2) is 4.98 Å². The van der Waals surface area contributed by atoms with Crippen molar-refractivity contribution in [1.82, 2.24) is 9.88 Å². The number of likely N-dealkylation sites (tertiary alicyclic amines) is 1. The lowest BCUT2D eigenvalue weighted by molar-refractivity contribution is 0.203. The SMILES string of the molecule is COc1cc2c(N)ncc(-c3ccccc3)c2cc1CN1CCC(N)CC1. The Kier molecular flexibility index (Phi) is 4.97. The lowest BCUT2D eigenvalue weighted by Crippen LogP contribution is -2.39. The Labute approximate surface area is 159 Å². The van der Waals surface area contributed by atoms with Crippen LogP contribution in [-0.2, 0) is 6.54 Å². The molecular weight excluding hydrogens is 336 g/mol. The predicted octanol–water partition coefficient (Wildman–Crippen LogP) is 3.42. The van der Waals surface area contributed by atoms with E-state index in [9.17, 15) is 0 Å². The molecule has 0 aliphatic carbocycles. The van der Waals surface area contributed by atoms with Crippen molar-refractivity contribution in [3.05, 3.63) is 54.2 Å². The van der Waals surface area contributed by atoms with E-state index in [1.165, 1.54) is 5.56 Å². The molecule has 140 valence electrons. The number of piperidine rings is 1. The van der Waals surface area contributed by atoms with Gasteiger partial charge >= 0.3 is 0 Å². The van der Waals surface area contributed by atoms with Gasteiger partial charge in [0.05, 0.1) is 7.11 Å². The van der Waals surface area contributed by atoms with E-state index >= 15 is 0 Å². The van der Waals surface area contributed by atoms with Gasteiger partial charge in [0.25, 0.3) is 0 Å². The Bertz CT molecular complexity index is 934. The first kappa shape index (κ1) is 17.8. The minimum Gasteiger partial charge on any atom is -0.496 e. The molecule has 1 fully saturated rings. The fourth-order valence-corrected chi connectivity index (χ4v) is 3.85. The number of fused-ring (bicyclic) bond motifs is 1. The lowest BCUT2D eigenvalue weighted by atomic mass is 9.97. The van der Waals surface area contributed by atoms with E-state index in [0.29, 0.717) is 11.9 Å². The molecule has 1 aliphatic heterocycles. The highest BCUT2D eigenvalue weighted by Gasteiger charge is 2.19. The quantitative estimate of drug-likeness (QED) is 0.744. The molecule has 4 rings (SSSR count). The molecule has 3 aromatic rings. The number of methoxy groups -OCH3 is 1. The summed E-state index contributed by atoms with van der Waals surface area (Å²) in [5.74, 6) is 1.38. The second-order valence-electron chi connectivity index (χ2n) is 7.25. The van der Waals surface area contributed by atoms with Gasteiger partial charge < -0.3 is 16.2 Å². The zero-order chi connectivity index (χ0) is 18.8. The number of nitrogen functional groups attached to an aromatic ring is 1. The van der Waals surface area contributed by atoms with E-state index in [0.717, 1.165) is 60.1 Å². The summed E-state index contributed by atoms with van der Waals surface area (Å²) in [5.41, 5.74) is 15.6. The van der Waals surface area contributed by atoms with E-state index in [1.807, 2.05) is 30.5 Å². The highest BCUT2D eigenvalue weighted by Crippen LogP contribution is 2.35. The summed E-state index contributed by atoms with van der Waals surface area (Å²) in [4.78, 5) is 6.85. The first-order chi connectivity index (χ1) is 13.2. The maximum Gasteiger partial charge on any atom is 0.131 e. The van der Waals surface area contributed by atoms with Gasteiger partial charge in [-0.15, -0.1) is 0 Å². The van der Waals surface area contributed by atoms with Crippen LogP contribution in [0.25, 0.3) is 21.9 Å². The summed E-state index contributed by atoms with van der Waals surface area (Å²) in [5, 5.41) is 2.04. The van der Waals surface area contributed by atoms with Gasteiger partial charge in [-0.1, -0.05) is 30.3 Å². The number of anilines is 1. The largest absolute Gasteiger partial charge is 0.496 e. The minimum atomic E-state index is 0.329. The van der Waals surface area contributed by atoms with Crippen LogP contribution in [0.2, 0.25) is 0 Å². The van der Waals surface area contributed by atoms with E-state index in [1.54, 1.807) is 7.11 Å². The highest BCUT2D eigenvalue weighted by molar-refractivity contribution is 6.02. The van der Waals surface area contributed by atoms with Gasteiger partial charge in [0.15, 0.2) is 0 Å². The number of rotatable bonds is 4. The van der Waals surface area contributed by atoms with Crippen molar-refractivity contribution in [2.75, 3.05) is 25.9 Å². The lowest BCUT2D eigenvalue weighted by Gasteiger charge is -2.30. The molecule has 0 bridgehead atoms. The van der Waals surface area contributed by atoms with E-state index in [2.05, 4.69) is 28.1 Å². The summed E-state index contributed by atoms with van der Waals surface area (Å²) in [6.45, 7) is 2.89. The molecule has 0 spiro atoms. The second kappa shape index (κ2) is 7.55. The molecule has 2 heterocycles. The van der Waals surface area contributed by atoms with Crippen molar-refractivity contribution in [1.29, 1.82) is 0 Å². The first-order valence-corrected chi connectivity index (χ1v) is 9.44. The average molecular weight is 362 g/mol. The smallest absolute Gasteiger partial charge is 0.131 e. The molecule has 2 aromatic carbocycles. The van der Waals surface area contributed by atoms with Crippen molar-refractivity contribution >= 4 is 16.6 Å². The van der Waals surface area contributed by atoms with Crippen LogP contribution in [0.4, 0.5) is 5.82 Å². The summed E-state index contributed by atoms with van der Waals surface area (Å²) in [6.07, 6.45) is 3.95. The molecule has 0 radical (unpaired) electrons. The average Bonchev–Trinajstić information content (AvgIpc) is 2.70. The Morgan fingerprint density at radius 3 is 2.56 bits per heavy atom. The molecule has 0 unspecified atom stereocenters. The van der Waals surface area contributed by atoms with Gasteiger partial charge in [-0.3, -0.25) is 4.90 Å². The molecular formula is C22H26N4O. The van der Waals surface area contributed by atoms with Gasteiger partial charge in [0, 0.05) is 35.3 Å². The van der Waals surface area contributed by atoms with E-state index in [4.69, 9.17) is 16.2 Å². The fourth-order valence-electron chi connectivity index (χ4n) is 3.85. The van der Waals surface area contributed by atoms with Crippen LogP contribution in [0, 0.1) is 0 Å². The molecule has 4 N–H and O–H groups in total. The Morgan fingerprint density at radius 1 is 1.11 bits per heavy atom. The van der Waals surface area contributed by atoms with Gasteiger partial charge in [-0.05, 0) is 49.0 Å². The summed E-state index contributed by atoms with van der Waals surface area (Å²) < 4.78 is 5.68.